The maximum Gasteiger partial charge on any atom is 0.246 e. The number of aliphatic hydroxyl groups excluding tert-OH is 1. The number of carbonyl (C=O) groups excluding carboxylic acids is 1. The van der Waals surface area contributed by atoms with Gasteiger partial charge in [0.1, 0.15) is 10.6 Å². The molecule has 1 aliphatic rings. The van der Waals surface area contributed by atoms with Crippen LogP contribution in [0.15, 0.2) is 23.1 Å². The highest BCUT2D eigenvalue weighted by atomic mass is 35.5. The van der Waals surface area contributed by atoms with E-state index >= 15 is 0 Å². The Morgan fingerprint density at radius 1 is 1.33 bits per heavy atom. The van der Waals surface area contributed by atoms with Crippen molar-refractivity contribution in [3.05, 3.63) is 18.2 Å². The topological polar surface area (TPSA) is 108 Å². The zero-order valence-corrected chi connectivity index (χ0v) is 17.4. The SMILES string of the molecule is CCOc1ccc(NC(=O)C2CC(O)CN2)cc1S(=O)(=O)N(CC)CC.Cl. The summed E-state index contributed by atoms with van der Waals surface area (Å²) in [5.41, 5.74) is 0.368. The van der Waals surface area contributed by atoms with Crippen molar-refractivity contribution in [3.63, 3.8) is 0 Å². The number of rotatable bonds is 8. The number of ether oxygens (including phenoxy) is 1. The van der Waals surface area contributed by atoms with Crippen LogP contribution in [-0.2, 0) is 14.8 Å². The van der Waals surface area contributed by atoms with E-state index in [-0.39, 0.29) is 29.0 Å². The van der Waals surface area contributed by atoms with Crippen LogP contribution in [0.5, 0.6) is 5.75 Å². The third kappa shape index (κ3) is 5.55. The van der Waals surface area contributed by atoms with Crippen molar-refractivity contribution in [2.24, 2.45) is 0 Å². The second kappa shape index (κ2) is 10.2. The first-order valence-electron chi connectivity index (χ1n) is 8.82. The van der Waals surface area contributed by atoms with Crippen molar-refractivity contribution in [2.75, 3.05) is 31.6 Å². The molecule has 27 heavy (non-hydrogen) atoms. The molecule has 1 aliphatic heterocycles. The summed E-state index contributed by atoms with van der Waals surface area (Å²) in [6.07, 6.45) is -0.224. The lowest BCUT2D eigenvalue weighted by molar-refractivity contribution is -0.117. The molecule has 0 spiro atoms. The minimum atomic E-state index is -3.74. The predicted molar refractivity (Wildman–Crippen MR) is 106 cm³/mol. The summed E-state index contributed by atoms with van der Waals surface area (Å²) in [6, 6.07) is 4.07. The van der Waals surface area contributed by atoms with E-state index in [4.69, 9.17) is 4.74 Å². The molecule has 0 radical (unpaired) electrons. The van der Waals surface area contributed by atoms with Gasteiger partial charge in [-0.1, -0.05) is 13.8 Å². The maximum absolute atomic E-state index is 12.9. The summed E-state index contributed by atoms with van der Waals surface area (Å²) in [4.78, 5) is 12.3. The Morgan fingerprint density at radius 2 is 2.00 bits per heavy atom. The van der Waals surface area contributed by atoms with Crippen LogP contribution >= 0.6 is 12.4 Å². The number of β-amino-alcohol motifs (C(OH)–C–C–N with tert-alkyl or cyclic N) is 1. The van der Waals surface area contributed by atoms with Crippen molar-refractivity contribution >= 4 is 34.0 Å². The van der Waals surface area contributed by atoms with Crippen molar-refractivity contribution in [1.29, 1.82) is 0 Å². The minimum absolute atomic E-state index is 0. The average molecular weight is 422 g/mol. The zero-order valence-electron chi connectivity index (χ0n) is 15.8. The van der Waals surface area contributed by atoms with Gasteiger partial charge in [0.05, 0.1) is 18.8 Å². The lowest BCUT2D eigenvalue weighted by Gasteiger charge is -2.21. The second-order valence-corrected chi connectivity index (χ2v) is 7.93. The van der Waals surface area contributed by atoms with E-state index in [0.717, 1.165) is 0 Å². The molecule has 8 nitrogen and oxygen atoms in total. The third-order valence-corrected chi connectivity index (χ3v) is 6.33. The van der Waals surface area contributed by atoms with Gasteiger partial charge < -0.3 is 20.5 Å². The molecule has 1 amide bonds. The Morgan fingerprint density at radius 3 is 2.52 bits per heavy atom. The van der Waals surface area contributed by atoms with E-state index in [9.17, 15) is 18.3 Å². The van der Waals surface area contributed by atoms with E-state index in [1.54, 1.807) is 32.9 Å². The number of aliphatic hydroxyl groups is 1. The molecule has 2 unspecified atom stereocenters. The number of anilines is 1. The molecule has 154 valence electrons. The summed E-state index contributed by atoms with van der Waals surface area (Å²) in [7, 11) is -3.74. The number of halogens is 1. The molecule has 1 saturated heterocycles. The lowest BCUT2D eigenvalue weighted by Crippen LogP contribution is -2.35. The summed E-state index contributed by atoms with van der Waals surface area (Å²) >= 11 is 0. The Labute approximate surface area is 166 Å². The summed E-state index contributed by atoms with van der Waals surface area (Å²) < 4.78 is 32.6. The third-order valence-electron chi connectivity index (χ3n) is 4.26. The van der Waals surface area contributed by atoms with Gasteiger partial charge in [0.15, 0.2) is 0 Å². The van der Waals surface area contributed by atoms with Gasteiger partial charge in [-0.25, -0.2) is 8.42 Å². The quantitative estimate of drug-likeness (QED) is 0.582. The number of nitrogens with one attached hydrogen (secondary N) is 2. The van der Waals surface area contributed by atoms with E-state index < -0.39 is 22.2 Å². The molecule has 1 aromatic carbocycles. The van der Waals surface area contributed by atoms with Gasteiger partial charge in [0, 0.05) is 25.3 Å². The van der Waals surface area contributed by atoms with Gasteiger partial charge in [-0.2, -0.15) is 4.31 Å². The summed E-state index contributed by atoms with van der Waals surface area (Å²) in [5, 5.41) is 15.2. The van der Waals surface area contributed by atoms with Crippen LogP contribution in [0.25, 0.3) is 0 Å². The highest BCUT2D eigenvalue weighted by Crippen LogP contribution is 2.30. The van der Waals surface area contributed by atoms with Gasteiger partial charge in [-0.05, 0) is 31.5 Å². The maximum atomic E-state index is 12.9. The fourth-order valence-corrected chi connectivity index (χ4v) is 4.53. The Kier molecular flexibility index (Phi) is 8.97. The number of nitrogens with zero attached hydrogens (tertiary/aromatic N) is 1. The first-order chi connectivity index (χ1) is 12.3. The number of benzene rings is 1. The molecular formula is C17H28ClN3O5S. The van der Waals surface area contributed by atoms with Gasteiger partial charge in [-0.3, -0.25) is 4.79 Å². The van der Waals surface area contributed by atoms with Crippen molar-refractivity contribution in [2.45, 2.75) is 44.2 Å². The first-order valence-corrected chi connectivity index (χ1v) is 10.3. The Bertz CT molecular complexity index is 740. The molecule has 10 heteroatoms. The number of amides is 1. The van der Waals surface area contributed by atoms with Crippen LogP contribution in [0.3, 0.4) is 0 Å². The predicted octanol–water partition coefficient (Wildman–Crippen LogP) is 1.20. The summed E-state index contributed by atoms with van der Waals surface area (Å²) in [6.45, 7) is 6.68. The van der Waals surface area contributed by atoms with Crippen molar-refractivity contribution in [3.8, 4) is 5.75 Å². The summed E-state index contributed by atoms with van der Waals surface area (Å²) in [5.74, 6) is -0.0521. The van der Waals surface area contributed by atoms with Crippen LogP contribution in [0, 0.1) is 0 Å². The van der Waals surface area contributed by atoms with E-state index in [1.807, 2.05) is 0 Å². The van der Waals surface area contributed by atoms with E-state index in [1.165, 1.54) is 10.4 Å². The minimum Gasteiger partial charge on any atom is -0.492 e. The molecule has 0 aliphatic carbocycles. The Hall–Kier alpha value is -1.39. The van der Waals surface area contributed by atoms with E-state index in [0.29, 0.717) is 38.3 Å². The van der Waals surface area contributed by atoms with Gasteiger partial charge in [-0.15, -0.1) is 12.4 Å². The fraction of sp³-hybridized carbons (Fsp3) is 0.588. The van der Waals surface area contributed by atoms with Crippen LogP contribution in [-0.4, -0.2) is 62.1 Å². The van der Waals surface area contributed by atoms with Gasteiger partial charge >= 0.3 is 0 Å². The van der Waals surface area contributed by atoms with Crippen LogP contribution in [0.2, 0.25) is 0 Å². The largest absolute Gasteiger partial charge is 0.492 e. The molecule has 0 aromatic heterocycles. The van der Waals surface area contributed by atoms with Gasteiger partial charge in [0.25, 0.3) is 0 Å². The molecule has 1 fully saturated rings. The highest BCUT2D eigenvalue weighted by Gasteiger charge is 2.29. The van der Waals surface area contributed by atoms with Crippen LogP contribution < -0.4 is 15.4 Å². The lowest BCUT2D eigenvalue weighted by atomic mass is 10.2. The smallest absolute Gasteiger partial charge is 0.246 e. The molecule has 1 heterocycles. The highest BCUT2D eigenvalue weighted by molar-refractivity contribution is 7.89. The fourth-order valence-electron chi connectivity index (χ4n) is 2.91. The van der Waals surface area contributed by atoms with Crippen LogP contribution in [0.1, 0.15) is 27.2 Å². The van der Waals surface area contributed by atoms with Crippen molar-refractivity contribution in [1.82, 2.24) is 9.62 Å². The first kappa shape index (κ1) is 23.6. The number of hydrogen-bond acceptors (Lipinski definition) is 6. The number of carbonyl (C=O) groups is 1. The van der Waals surface area contributed by atoms with Crippen molar-refractivity contribution < 1.29 is 23.1 Å². The molecule has 1 aromatic rings. The molecule has 2 rings (SSSR count). The molecule has 2 atom stereocenters. The van der Waals surface area contributed by atoms with Crippen LogP contribution in [0.4, 0.5) is 5.69 Å². The molecule has 0 saturated carbocycles. The zero-order chi connectivity index (χ0) is 19.3. The normalized spacial score (nSPS) is 19.6. The Balaban J connectivity index is 0.00000364. The van der Waals surface area contributed by atoms with Gasteiger partial charge in [0.2, 0.25) is 15.9 Å². The second-order valence-electron chi connectivity index (χ2n) is 6.02. The number of hydrogen-bond donors (Lipinski definition) is 3. The number of sulfonamides is 1. The van der Waals surface area contributed by atoms with E-state index in [2.05, 4.69) is 10.6 Å². The molecular weight excluding hydrogens is 394 g/mol. The average Bonchev–Trinajstić information content (AvgIpc) is 3.04. The standard InChI is InChI=1S/C17H27N3O5S.ClH/c1-4-20(5-2)26(23,24)16-9-12(7-8-15(16)25-6-3)19-17(22)14-10-13(21)11-18-14;/h7-9,13-14,18,21H,4-6,10-11H2,1-3H3,(H,19,22);1H. The molecule has 3 N–H and O–H groups in total. The molecule has 0 bridgehead atoms. The monoisotopic (exact) mass is 421 g/mol.